The van der Waals surface area contributed by atoms with Gasteiger partial charge >= 0.3 is 5.63 Å². The summed E-state index contributed by atoms with van der Waals surface area (Å²) in [7, 11) is 1.63. The van der Waals surface area contributed by atoms with Gasteiger partial charge in [0.2, 0.25) is 0 Å². The first-order valence-corrected chi connectivity index (χ1v) is 10.6. The largest absolute Gasteiger partial charge is 0.497 e. The molecule has 5 aromatic rings. The van der Waals surface area contributed by atoms with Gasteiger partial charge in [-0.05, 0) is 48.0 Å². The molecule has 5 heteroatoms. The summed E-state index contributed by atoms with van der Waals surface area (Å²) in [4.78, 5) is 25.2. The maximum atomic E-state index is 12.9. The number of carbonyl (C=O) groups excluding carboxylic acids is 1. The molecule has 2 heterocycles. The smallest absolute Gasteiger partial charge is 0.347 e. The van der Waals surface area contributed by atoms with Crippen LogP contribution in [-0.2, 0) is 6.54 Å². The van der Waals surface area contributed by atoms with Crippen molar-refractivity contribution in [3.8, 4) is 5.75 Å². The van der Waals surface area contributed by atoms with Gasteiger partial charge in [-0.2, -0.15) is 0 Å². The van der Waals surface area contributed by atoms with Crippen LogP contribution in [0.4, 0.5) is 0 Å². The number of fused-ring (bicyclic) bond motifs is 2. The zero-order chi connectivity index (χ0) is 22.8. The molecular formula is C28H21NO4. The van der Waals surface area contributed by atoms with Crippen LogP contribution in [0.25, 0.3) is 27.9 Å². The molecule has 0 saturated carbocycles. The Bertz CT molecular complexity index is 1560. The standard InChI is InChI=1S/C28H21NO4/c1-32-22-12-13-25-23(16-22)21(18-29(25)17-19-7-3-2-4-8-19)11-14-26(30)24-15-20-9-5-6-10-27(20)33-28(24)31/h2-16,18H,17H2,1H3/b14-11+. The van der Waals surface area contributed by atoms with E-state index in [0.29, 0.717) is 17.5 Å². The molecule has 0 bridgehead atoms. The first-order valence-electron chi connectivity index (χ1n) is 10.6. The van der Waals surface area contributed by atoms with E-state index in [9.17, 15) is 9.59 Å². The molecule has 0 aliphatic rings. The maximum absolute atomic E-state index is 12.9. The highest BCUT2D eigenvalue weighted by Crippen LogP contribution is 2.28. The number of rotatable bonds is 6. The number of methoxy groups -OCH3 is 1. The average Bonchev–Trinajstić information content (AvgIpc) is 3.19. The minimum Gasteiger partial charge on any atom is -0.497 e. The average molecular weight is 435 g/mol. The van der Waals surface area contributed by atoms with Gasteiger partial charge in [-0.15, -0.1) is 0 Å². The van der Waals surface area contributed by atoms with Crippen molar-refractivity contribution < 1.29 is 13.9 Å². The van der Waals surface area contributed by atoms with Crippen molar-refractivity contribution in [2.45, 2.75) is 6.54 Å². The maximum Gasteiger partial charge on any atom is 0.347 e. The van der Waals surface area contributed by atoms with Crippen LogP contribution in [0.15, 0.2) is 100 Å². The molecule has 0 spiro atoms. The lowest BCUT2D eigenvalue weighted by atomic mass is 10.1. The quantitative estimate of drug-likeness (QED) is 0.195. The molecule has 162 valence electrons. The highest BCUT2D eigenvalue weighted by atomic mass is 16.5. The Kier molecular flexibility index (Phi) is 5.37. The number of hydrogen-bond acceptors (Lipinski definition) is 4. The number of carbonyl (C=O) groups is 1. The second-order valence-electron chi connectivity index (χ2n) is 7.76. The molecule has 0 saturated heterocycles. The highest BCUT2D eigenvalue weighted by molar-refractivity contribution is 6.08. The van der Waals surface area contributed by atoms with Crippen molar-refractivity contribution in [3.63, 3.8) is 0 Å². The molecule has 0 atom stereocenters. The summed E-state index contributed by atoms with van der Waals surface area (Å²) >= 11 is 0. The highest BCUT2D eigenvalue weighted by Gasteiger charge is 2.13. The fourth-order valence-electron chi connectivity index (χ4n) is 3.96. The molecule has 0 amide bonds. The summed E-state index contributed by atoms with van der Waals surface area (Å²) in [6, 6.07) is 24.8. The minimum absolute atomic E-state index is 0.00977. The molecule has 0 N–H and O–H groups in total. The Labute approximate surface area is 190 Å². The normalized spacial score (nSPS) is 11.4. The van der Waals surface area contributed by atoms with Crippen molar-refractivity contribution in [1.82, 2.24) is 4.57 Å². The third-order valence-corrected chi connectivity index (χ3v) is 5.64. The molecule has 0 radical (unpaired) electrons. The molecule has 0 unspecified atom stereocenters. The number of nitrogens with zero attached hydrogens (tertiary/aromatic N) is 1. The van der Waals surface area contributed by atoms with Crippen LogP contribution in [0.3, 0.4) is 0 Å². The summed E-state index contributed by atoms with van der Waals surface area (Å²) in [6.45, 7) is 0.694. The van der Waals surface area contributed by atoms with Crippen LogP contribution in [0.1, 0.15) is 21.5 Å². The Morgan fingerprint density at radius 3 is 2.61 bits per heavy atom. The van der Waals surface area contributed by atoms with Crippen LogP contribution in [-0.4, -0.2) is 17.5 Å². The summed E-state index contributed by atoms with van der Waals surface area (Å²) in [5, 5.41) is 1.66. The first-order chi connectivity index (χ1) is 16.1. The van der Waals surface area contributed by atoms with Crippen molar-refractivity contribution in [2.75, 3.05) is 7.11 Å². The predicted molar refractivity (Wildman–Crippen MR) is 130 cm³/mol. The first kappa shape index (κ1) is 20.5. The van der Waals surface area contributed by atoms with E-state index in [-0.39, 0.29) is 5.56 Å². The number of hydrogen-bond donors (Lipinski definition) is 0. The van der Waals surface area contributed by atoms with Crippen molar-refractivity contribution in [1.29, 1.82) is 0 Å². The van der Waals surface area contributed by atoms with Crippen molar-refractivity contribution >= 4 is 33.7 Å². The molecule has 2 aromatic heterocycles. The van der Waals surface area contributed by atoms with Gasteiger partial charge in [0.15, 0.2) is 5.78 Å². The summed E-state index contributed by atoms with van der Waals surface area (Å²) < 4.78 is 12.8. The Hall–Kier alpha value is -4.38. The van der Waals surface area contributed by atoms with Gasteiger partial charge in [0.05, 0.1) is 7.11 Å². The van der Waals surface area contributed by atoms with Crippen LogP contribution in [0, 0.1) is 0 Å². The van der Waals surface area contributed by atoms with E-state index in [1.54, 1.807) is 31.4 Å². The molecule has 5 rings (SSSR count). The predicted octanol–water partition coefficient (Wildman–Crippen LogP) is 5.70. The zero-order valence-electron chi connectivity index (χ0n) is 18.0. The summed E-state index contributed by atoms with van der Waals surface area (Å²) in [5.41, 5.74) is 2.88. The minimum atomic E-state index is -0.642. The monoisotopic (exact) mass is 435 g/mol. The van der Waals surface area contributed by atoms with E-state index < -0.39 is 11.4 Å². The number of aromatic nitrogens is 1. The third kappa shape index (κ3) is 4.08. The van der Waals surface area contributed by atoms with Crippen LogP contribution in [0.2, 0.25) is 0 Å². The van der Waals surface area contributed by atoms with Gasteiger partial charge in [-0.25, -0.2) is 4.79 Å². The van der Waals surface area contributed by atoms with E-state index in [0.717, 1.165) is 22.2 Å². The summed E-state index contributed by atoms with van der Waals surface area (Å²) in [6.07, 6.45) is 5.16. The topological polar surface area (TPSA) is 61.4 Å². The summed E-state index contributed by atoms with van der Waals surface area (Å²) in [5.74, 6) is 0.331. The molecule has 5 nitrogen and oxygen atoms in total. The second kappa shape index (κ2) is 8.63. The van der Waals surface area contributed by atoms with E-state index in [2.05, 4.69) is 16.7 Å². The van der Waals surface area contributed by atoms with Gasteiger partial charge < -0.3 is 13.7 Å². The Balaban J connectivity index is 1.53. The molecule has 0 aliphatic heterocycles. The number of allylic oxidation sites excluding steroid dienone is 1. The van der Waals surface area contributed by atoms with Crippen LogP contribution >= 0.6 is 0 Å². The van der Waals surface area contributed by atoms with Crippen molar-refractivity contribution in [3.05, 3.63) is 118 Å². The SMILES string of the molecule is COc1ccc2c(c1)c(/C=C/C(=O)c1cc3ccccc3oc1=O)cn2Cc1ccccc1. The van der Waals surface area contributed by atoms with E-state index in [4.69, 9.17) is 9.15 Å². The van der Waals surface area contributed by atoms with E-state index in [1.807, 2.05) is 54.7 Å². The van der Waals surface area contributed by atoms with Gasteiger partial charge in [0, 0.05) is 34.6 Å². The number of benzene rings is 3. The third-order valence-electron chi connectivity index (χ3n) is 5.64. The molecule has 33 heavy (non-hydrogen) atoms. The van der Waals surface area contributed by atoms with Crippen LogP contribution < -0.4 is 10.4 Å². The lowest BCUT2D eigenvalue weighted by molar-refractivity contribution is 0.104. The van der Waals surface area contributed by atoms with Crippen molar-refractivity contribution in [2.24, 2.45) is 0 Å². The fraction of sp³-hybridized carbons (Fsp3) is 0.0714. The van der Waals surface area contributed by atoms with E-state index in [1.165, 1.54) is 11.6 Å². The van der Waals surface area contributed by atoms with E-state index >= 15 is 0 Å². The number of ether oxygens (including phenoxy) is 1. The number of para-hydroxylation sites is 1. The Morgan fingerprint density at radius 1 is 1.00 bits per heavy atom. The van der Waals surface area contributed by atoms with Crippen LogP contribution in [0.5, 0.6) is 5.75 Å². The molecule has 3 aromatic carbocycles. The second-order valence-corrected chi connectivity index (χ2v) is 7.76. The number of ketones is 1. The lowest BCUT2D eigenvalue weighted by Gasteiger charge is -2.06. The zero-order valence-corrected chi connectivity index (χ0v) is 18.0. The Morgan fingerprint density at radius 2 is 1.79 bits per heavy atom. The molecule has 0 aliphatic carbocycles. The van der Waals surface area contributed by atoms with Gasteiger partial charge in [0.25, 0.3) is 0 Å². The molecular weight excluding hydrogens is 414 g/mol. The van der Waals surface area contributed by atoms with Gasteiger partial charge in [-0.3, -0.25) is 4.79 Å². The van der Waals surface area contributed by atoms with Gasteiger partial charge in [-0.1, -0.05) is 48.5 Å². The fourth-order valence-corrected chi connectivity index (χ4v) is 3.96. The molecule has 0 fully saturated rings. The van der Waals surface area contributed by atoms with Gasteiger partial charge in [0.1, 0.15) is 16.9 Å². The lowest BCUT2D eigenvalue weighted by Crippen LogP contribution is -2.11.